The molecule has 1 aliphatic heterocycles. The second kappa shape index (κ2) is 4.58. The monoisotopic (exact) mass is 204 g/mol. The minimum atomic E-state index is 0.284. The van der Waals surface area contributed by atoms with Gasteiger partial charge in [-0.05, 0) is 6.92 Å². The summed E-state index contributed by atoms with van der Waals surface area (Å²) in [4.78, 5) is 13.3. The molecule has 0 radical (unpaired) electrons. The molecule has 0 saturated carbocycles. The van der Waals surface area contributed by atoms with Gasteiger partial charge in [0.1, 0.15) is 6.54 Å². The second-order valence-corrected chi connectivity index (χ2v) is 4.42. The second-order valence-electron chi connectivity index (χ2n) is 4.42. The van der Waals surface area contributed by atoms with Gasteiger partial charge in [0.2, 0.25) is 5.78 Å². The number of rotatable bonds is 3. The Hall–Kier alpha value is -1.15. The molecule has 15 heavy (non-hydrogen) atoms. The zero-order valence-corrected chi connectivity index (χ0v) is 9.25. The van der Waals surface area contributed by atoms with Crippen LogP contribution in [0.1, 0.15) is 28.8 Å². The maximum Gasteiger partial charge on any atom is 0.216 e. The van der Waals surface area contributed by atoms with Crippen LogP contribution in [0.4, 0.5) is 0 Å². The fourth-order valence-electron chi connectivity index (χ4n) is 2.12. The third-order valence-electron chi connectivity index (χ3n) is 3.09. The van der Waals surface area contributed by atoms with E-state index in [1.165, 1.54) is 23.3 Å². The van der Waals surface area contributed by atoms with Gasteiger partial charge in [-0.3, -0.25) is 4.79 Å². The number of carbonyl (C=O) groups excluding carboxylic acids is 1. The SMILES string of the molecule is Cc1ccc(C(=O)C[NH+]2CCCC2)cc1. The molecule has 1 aliphatic rings. The lowest BCUT2D eigenvalue weighted by atomic mass is 10.1. The Kier molecular flexibility index (Phi) is 3.17. The van der Waals surface area contributed by atoms with Crippen molar-refractivity contribution in [3.8, 4) is 0 Å². The average Bonchev–Trinajstić information content (AvgIpc) is 2.71. The highest BCUT2D eigenvalue weighted by molar-refractivity contribution is 5.96. The molecule has 0 aliphatic carbocycles. The molecule has 0 amide bonds. The van der Waals surface area contributed by atoms with Crippen LogP contribution in [-0.2, 0) is 0 Å². The summed E-state index contributed by atoms with van der Waals surface area (Å²) in [6.07, 6.45) is 2.55. The van der Waals surface area contributed by atoms with Gasteiger partial charge in [-0.2, -0.15) is 0 Å². The van der Waals surface area contributed by atoms with Crippen molar-refractivity contribution in [3.05, 3.63) is 35.4 Å². The van der Waals surface area contributed by atoms with Crippen molar-refractivity contribution >= 4 is 5.78 Å². The van der Waals surface area contributed by atoms with E-state index in [0.717, 1.165) is 18.7 Å². The Labute approximate surface area is 90.9 Å². The Morgan fingerprint density at radius 3 is 2.40 bits per heavy atom. The zero-order valence-electron chi connectivity index (χ0n) is 9.25. The molecule has 80 valence electrons. The highest BCUT2D eigenvalue weighted by atomic mass is 16.1. The molecule has 1 heterocycles. The van der Waals surface area contributed by atoms with Crippen molar-refractivity contribution in [2.45, 2.75) is 19.8 Å². The molecule has 0 spiro atoms. The van der Waals surface area contributed by atoms with E-state index < -0.39 is 0 Å². The Bertz CT molecular complexity index is 336. The molecule has 1 N–H and O–H groups in total. The molecule has 2 heteroatoms. The molecule has 0 aromatic heterocycles. The lowest BCUT2D eigenvalue weighted by Crippen LogP contribution is -3.10. The van der Waals surface area contributed by atoms with Crippen molar-refractivity contribution in [2.24, 2.45) is 0 Å². The maximum atomic E-state index is 11.9. The van der Waals surface area contributed by atoms with E-state index in [1.54, 1.807) is 0 Å². The number of hydrogen-bond donors (Lipinski definition) is 1. The van der Waals surface area contributed by atoms with E-state index in [4.69, 9.17) is 0 Å². The van der Waals surface area contributed by atoms with Gasteiger partial charge >= 0.3 is 0 Å². The van der Waals surface area contributed by atoms with Crippen molar-refractivity contribution in [1.29, 1.82) is 0 Å². The molecular weight excluding hydrogens is 186 g/mol. The summed E-state index contributed by atoms with van der Waals surface area (Å²) in [7, 11) is 0. The highest BCUT2D eigenvalue weighted by Gasteiger charge is 2.19. The molecule has 1 saturated heterocycles. The first-order chi connectivity index (χ1) is 7.25. The summed E-state index contributed by atoms with van der Waals surface area (Å²) >= 11 is 0. The largest absolute Gasteiger partial charge is 0.328 e. The summed E-state index contributed by atoms with van der Waals surface area (Å²) < 4.78 is 0. The number of hydrogen-bond acceptors (Lipinski definition) is 1. The summed E-state index contributed by atoms with van der Waals surface area (Å²) in [6.45, 7) is 5.04. The molecule has 1 aromatic rings. The standard InChI is InChI=1S/C13H17NO/c1-11-4-6-12(7-5-11)13(15)10-14-8-2-3-9-14/h4-7H,2-3,8-10H2,1H3/p+1. The molecule has 1 fully saturated rings. The molecule has 0 unspecified atom stereocenters. The van der Waals surface area contributed by atoms with Crippen LogP contribution in [0, 0.1) is 6.92 Å². The first-order valence-corrected chi connectivity index (χ1v) is 5.69. The third-order valence-corrected chi connectivity index (χ3v) is 3.09. The number of Topliss-reactive ketones (excluding diaryl/α,β-unsaturated/α-hetero) is 1. The van der Waals surface area contributed by atoms with Gasteiger partial charge in [-0.1, -0.05) is 29.8 Å². The molecule has 2 rings (SSSR count). The summed E-state index contributed by atoms with van der Waals surface area (Å²) in [6, 6.07) is 7.89. The normalized spacial score (nSPS) is 16.9. The van der Waals surface area contributed by atoms with Crippen LogP contribution in [0.5, 0.6) is 0 Å². The van der Waals surface area contributed by atoms with Gasteiger partial charge in [0.25, 0.3) is 0 Å². The molecule has 0 bridgehead atoms. The Balaban J connectivity index is 1.98. The van der Waals surface area contributed by atoms with Gasteiger partial charge in [-0.15, -0.1) is 0 Å². The molecule has 1 aromatic carbocycles. The van der Waals surface area contributed by atoms with Crippen molar-refractivity contribution in [3.63, 3.8) is 0 Å². The number of nitrogens with one attached hydrogen (secondary N) is 1. The first kappa shape index (κ1) is 10.4. The minimum absolute atomic E-state index is 0.284. The lowest BCUT2D eigenvalue weighted by molar-refractivity contribution is -0.878. The lowest BCUT2D eigenvalue weighted by Gasteiger charge is -2.10. The van der Waals surface area contributed by atoms with Gasteiger partial charge in [0.05, 0.1) is 13.1 Å². The van der Waals surface area contributed by atoms with E-state index >= 15 is 0 Å². The quantitative estimate of drug-likeness (QED) is 0.724. The zero-order chi connectivity index (χ0) is 10.7. The van der Waals surface area contributed by atoms with Crippen LogP contribution in [0.25, 0.3) is 0 Å². The van der Waals surface area contributed by atoms with E-state index in [-0.39, 0.29) is 5.78 Å². The van der Waals surface area contributed by atoms with Gasteiger partial charge in [0, 0.05) is 18.4 Å². The smallest absolute Gasteiger partial charge is 0.216 e. The van der Waals surface area contributed by atoms with Crippen LogP contribution in [0.3, 0.4) is 0 Å². The number of carbonyl (C=O) groups is 1. The average molecular weight is 204 g/mol. The number of benzene rings is 1. The van der Waals surface area contributed by atoms with E-state index in [1.807, 2.05) is 31.2 Å². The van der Waals surface area contributed by atoms with Crippen LogP contribution >= 0.6 is 0 Å². The van der Waals surface area contributed by atoms with Crippen LogP contribution in [0.15, 0.2) is 24.3 Å². The van der Waals surface area contributed by atoms with E-state index in [9.17, 15) is 4.79 Å². The van der Waals surface area contributed by atoms with Crippen molar-refractivity contribution in [2.75, 3.05) is 19.6 Å². The minimum Gasteiger partial charge on any atom is -0.328 e. The predicted octanol–water partition coefficient (Wildman–Crippen LogP) is 0.856. The number of aryl methyl sites for hydroxylation is 1. The Morgan fingerprint density at radius 2 is 1.80 bits per heavy atom. The number of quaternary nitrogens is 1. The van der Waals surface area contributed by atoms with Gasteiger partial charge < -0.3 is 4.90 Å². The topological polar surface area (TPSA) is 21.5 Å². The molecule has 0 atom stereocenters. The van der Waals surface area contributed by atoms with Crippen molar-refractivity contribution in [1.82, 2.24) is 0 Å². The van der Waals surface area contributed by atoms with Crippen molar-refractivity contribution < 1.29 is 9.69 Å². The summed E-state index contributed by atoms with van der Waals surface area (Å²) in [5.41, 5.74) is 2.07. The first-order valence-electron chi connectivity index (χ1n) is 5.69. The van der Waals surface area contributed by atoms with Crippen LogP contribution in [-0.4, -0.2) is 25.4 Å². The number of likely N-dealkylation sites (tertiary alicyclic amines) is 1. The molecule has 2 nitrogen and oxygen atoms in total. The summed E-state index contributed by atoms with van der Waals surface area (Å²) in [5.74, 6) is 0.284. The van der Waals surface area contributed by atoms with Crippen LogP contribution in [0.2, 0.25) is 0 Å². The third kappa shape index (κ3) is 2.66. The fraction of sp³-hybridized carbons (Fsp3) is 0.462. The van der Waals surface area contributed by atoms with E-state index in [2.05, 4.69) is 0 Å². The summed E-state index contributed by atoms with van der Waals surface area (Å²) in [5, 5.41) is 0. The highest BCUT2D eigenvalue weighted by Crippen LogP contribution is 2.03. The maximum absolute atomic E-state index is 11.9. The number of ketones is 1. The fourth-order valence-corrected chi connectivity index (χ4v) is 2.12. The van der Waals surface area contributed by atoms with E-state index in [0.29, 0.717) is 6.54 Å². The van der Waals surface area contributed by atoms with Crippen LogP contribution < -0.4 is 4.90 Å². The van der Waals surface area contributed by atoms with Gasteiger partial charge in [-0.25, -0.2) is 0 Å². The predicted molar refractivity (Wildman–Crippen MR) is 60.3 cm³/mol. The van der Waals surface area contributed by atoms with Gasteiger partial charge in [0.15, 0.2) is 0 Å². The molecular formula is C13H18NO+. The Morgan fingerprint density at radius 1 is 1.20 bits per heavy atom.